The zero-order valence-electron chi connectivity index (χ0n) is 13.9. The van der Waals surface area contributed by atoms with E-state index in [4.69, 9.17) is 0 Å². The van der Waals surface area contributed by atoms with E-state index < -0.39 is 5.41 Å². The van der Waals surface area contributed by atoms with E-state index in [2.05, 4.69) is 61.1 Å². The number of nitrogens with one attached hydrogen (secondary N) is 1. The molecule has 1 aliphatic rings. The number of carbonyl (C=O) groups is 1. The lowest BCUT2D eigenvalue weighted by molar-refractivity contribution is -0.119. The van der Waals surface area contributed by atoms with Crippen molar-refractivity contribution in [2.75, 3.05) is 5.32 Å². The predicted octanol–water partition coefficient (Wildman–Crippen LogP) is 5.42. The number of benzene rings is 1. The molecule has 0 aliphatic carbocycles. The molecule has 0 saturated heterocycles. The van der Waals surface area contributed by atoms with E-state index in [1.807, 2.05) is 19.9 Å². The van der Waals surface area contributed by atoms with Crippen LogP contribution in [-0.2, 0) is 10.2 Å². The topological polar surface area (TPSA) is 29.1 Å². The highest BCUT2D eigenvalue weighted by molar-refractivity contribution is 9.09. The number of hydrogen-bond donors (Lipinski definition) is 1. The molecule has 1 amide bonds. The fourth-order valence-electron chi connectivity index (χ4n) is 2.58. The van der Waals surface area contributed by atoms with Gasteiger partial charge in [-0.1, -0.05) is 55.8 Å². The van der Waals surface area contributed by atoms with Gasteiger partial charge in [0, 0.05) is 10.5 Å². The molecule has 1 aromatic carbocycles. The van der Waals surface area contributed by atoms with Gasteiger partial charge in [0.2, 0.25) is 5.91 Å². The molecule has 2 atom stereocenters. The minimum absolute atomic E-state index is 0.0869. The van der Waals surface area contributed by atoms with Crippen LogP contribution >= 0.6 is 15.9 Å². The molecule has 2 nitrogen and oxygen atoms in total. The molecule has 1 heterocycles. The monoisotopic (exact) mass is 351 g/mol. The van der Waals surface area contributed by atoms with Gasteiger partial charge in [-0.25, -0.2) is 0 Å². The Morgan fingerprint density at radius 3 is 2.48 bits per heavy atom. The van der Waals surface area contributed by atoms with Crippen LogP contribution in [-0.4, -0.2) is 5.91 Å². The minimum Gasteiger partial charge on any atom is -0.325 e. The Morgan fingerprint density at radius 1 is 1.29 bits per heavy atom. The average Bonchev–Trinajstić information content (AvgIpc) is 2.59. The third-order valence-electron chi connectivity index (χ3n) is 4.93. The van der Waals surface area contributed by atoms with E-state index in [1.54, 1.807) is 0 Å². The number of rotatable bonds is 3. The van der Waals surface area contributed by atoms with E-state index in [-0.39, 0.29) is 5.91 Å². The van der Waals surface area contributed by atoms with E-state index >= 15 is 0 Å². The molecule has 116 valence electrons. The van der Waals surface area contributed by atoms with Crippen molar-refractivity contribution >= 4 is 27.5 Å². The highest BCUT2D eigenvalue weighted by Gasteiger charge is 2.38. The number of halogens is 1. The predicted molar refractivity (Wildman–Crippen MR) is 93.0 cm³/mol. The summed E-state index contributed by atoms with van der Waals surface area (Å²) >= 11 is 3.83. The van der Waals surface area contributed by atoms with Gasteiger partial charge in [-0.15, -0.1) is 0 Å². The van der Waals surface area contributed by atoms with Crippen molar-refractivity contribution in [1.82, 2.24) is 0 Å². The zero-order valence-corrected chi connectivity index (χ0v) is 15.5. The Labute approximate surface area is 136 Å². The van der Waals surface area contributed by atoms with Crippen molar-refractivity contribution < 1.29 is 4.79 Å². The molecule has 2 rings (SSSR count). The molecule has 3 heteroatoms. The molecule has 2 unspecified atom stereocenters. The molecule has 1 N–H and O–H groups in total. The van der Waals surface area contributed by atoms with Gasteiger partial charge >= 0.3 is 0 Å². The van der Waals surface area contributed by atoms with Gasteiger partial charge in [0.15, 0.2) is 0 Å². The van der Waals surface area contributed by atoms with E-state index in [0.29, 0.717) is 16.2 Å². The van der Waals surface area contributed by atoms with Crippen molar-refractivity contribution in [3.8, 4) is 0 Å². The normalized spacial score (nSPS) is 19.9. The quantitative estimate of drug-likeness (QED) is 0.723. The molecule has 0 radical (unpaired) electrons. The first-order valence-electron chi connectivity index (χ1n) is 7.63. The third kappa shape index (κ3) is 3.18. The minimum atomic E-state index is -0.437. The van der Waals surface area contributed by atoms with Crippen molar-refractivity contribution in [3.63, 3.8) is 0 Å². The van der Waals surface area contributed by atoms with Crippen LogP contribution in [0.3, 0.4) is 0 Å². The first-order valence-corrected chi connectivity index (χ1v) is 8.55. The molecule has 0 saturated carbocycles. The lowest BCUT2D eigenvalue weighted by Gasteiger charge is -2.29. The van der Waals surface area contributed by atoms with Crippen LogP contribution in [0.1, 0.15) is 63.9 Å². The van der Waals surface area contributed by atoms with E-state index in [1.165, 1.54) is 5.56 Å². The second kappa shape index (κ2) is 5.42. The van der Waals surface area contributed by atoms with Crippen molar-refractivity contribution in [2.24, 2.45) is 11.3 Å². The van der Waals surface area contributed by atoms with Gasteiger partial charge in [0.1, 0.15) is 0 Å². The Bertz CT molecular complexity index is 557. The lowest BCUT2D eigenvalue weighted by atomic mass is 9.78. The number of amides is 1. The summed E-state index contributed by atoms with van der Waals surface area (Å²) < 4.78 is 0. The fourth-order valence-corrected chi connectivity index (χ4v) is 3.43. The molecule has 0 fully saturated rings. The Balaban J connectivity index is 2.24. The Morgan fingerprint density at radius 2 is 1.90 bits per heavy atom. The molecule has 21 heavy (non-hydrogen) atoms. The van der Waals surface area contributed by atoms with Crippen LogP contribution in [0.25, 0.3) is 0 Å². The highest BCUT2D eigenvalue weighted by atomic mass is 79.9. The Kier molecular flexibility index (Phi) is 4.27. The Hall–Kier alpha value is -0.830. The zero-order chi connectivity index (χ0) is 16.0. The number of hydrogen-bond acceptors (Lipinski definition) is 1. The number of fused-ring (bicyclic) bond motifs is 1. The summed E-state index contributed by atoms with van der Waals surface area (Å²) in [5, 5.41) is 2.96. The molecule has 0 bridgehead atoms. The summed E-state index contributed by atoms with van der Waals surface area (Å²) in [5.74, 6) is 0.701. The number of carbonyl (C=O) groups excluding carboxylic acids is 1. The summed E-state index contributed by atoms with van der Waals surface area (Å²) in [4.78, 5) is 12.3. The van der Waals surface area contributed by atoms with Crippen LogP contribution in [0.5, 0.6) is 0 Å². The van der Waals surface area contributed by atoms with Crippen molar-refractivity contribution in [1.29, 1.82) is 0 Å². The van der Waals surface area contributed by atoms with Crippen LogP contribution in [0, 0.1) is 11.3 Å². The second-order valence-electron chi connectivity index (χ2n) is 7.85. The summed E-state index contributed by atoms with van der Waals surface area (Å²) in [5.41, 5.74) is 3.19. The average molecular weight is 352 g/mol. The maximum atomic E-state index is 12.0. The molecule has 0 spiro atoms. The molecule has 1 aromatic rings. The summed E-state index contributed by atoms with van der Waals surface area (Å²) in [6.45, 7) is 13.1. The van der Waals surface area contributed by atoms with Crippen molar-refractivity contribution in [2.45, 2.75) is 58.2 Å². The number of anilines is 1. The van der Waals surface area contributed by atoms with Crippen LogP contribution in [0.4, 0.5) is 5.69 Å². The summed E-state index contributed by atoms with van der Waals surface area (Å²) in [6, 6.07) is 6.34. The number of alkyl halides is 1. The lowest BCUT2D eigenvalue weighted by Crippen LogP contribution is -2.26. The van der Waals surface area contributed by atoms with Crippen LogP contribution < -0.4 is 5.32 Å². The van der Waals surface area contributed by atoms with E-state index in [0.717, 1.165) is 17.7 Å². The summed E-state index contributed by atoms with van der Waals surface area (Å²) in [6.07, 6.45) is 1.09. The van der Waals surface area contributed by atoms with Gasteiger partial charge < -0.3 is 5.32 Å². The SMILES string of the molecule is CC(CC(Br)c1ccc2c(c1)C(C)(C)C(=O)N2)C(C)(C)C. The van der Waals surface area contributed by atoms with E-state index in [9.17, 15) is 4.79 Å². The maximum absolute atomic E-state index is 12.0. The first kappa shape index (κ1) is 16.5. The fraction of sp³-hybridized carbons (Fsp3) is 0.611. The van der Waals surface area contributed by atoms with Crippen LogP contribution in [0.2, 0.25) is 0 Å². The maximum Gasteiger partial charge on any atom is 0.234 e. The largest absolute Gasteiger partial charge is 0.325 e. The van der Waals surface area contributed by atoms with Gasteiger partial charge in [-0.2, -0.15) is 0 Å². The molecular formula is C18H26BrNO. The molecule has 1 aliphatic heterocycles. The highest BCUT2D eigenvalue weighted by Crippen LogP contribution is 2.42. The molecular weight excluding hydrogens is 326 g/mol. The van der Waals surface area contributed by atoms with Gasteiger partial charge in [0.25, 0.3) is 0 Å². The second-order valence-corrected chi connectivity index (χ2v) is 8.96. The van der Waals surface area contributed by atoms with Gasteiger partial charge in [-0.3, -0.25) is 4.79 Å². The van der Waals surface area contributed by atoms with Gasteiger partial charge in [-0.05, 0) is 48.8 Å². The first-order chi connectivity index (χ1) is 9.53. The molecule has 0 aromatic heterocycles. The standard InChI is InChI=1S/C18H26BrNO/c1-11(17(2,3)4)9-14(19)12-7-8-15-13(10-12)18(5,6)16(21)20-15/h7-8,10-11,14H,9H2,1-6H3,(H,20,21). The smallest absolute Gasteiger partial charge is 0.234 e. The summed E-state index contributed by atoms with van der Waals surface area (Å²) in [7, 11) is 0. The van der Waals surface area contributed by atoms with Crippen molar-refractivity contribution in [3.05, 3.63) is 29.3 Å². The third-order valence-corrected chi connectivity index (χ3v) is 5.84. The van der Waals surface area contributed by atoms with Crippen LogP contribution in [0.15, 0.2) is 18.2 Å². The van der Waals surface area contributed by atoms with Gasteiger partial charge in [0.05, 0.1) is 5.41 Å².